The molecule has 0 saturated carbocycles. The van der Waals surface area contributed by atoms with Crippen molar-refractivity contribution in [3.63, 3.8) is 0 Å². The van der Waals surface area contributed by atoms with Gasteiger partial charge in [0.25, 0.3) is 0 Å². The minimum Gasteiger partial charge on any atom is -0.480 e. The van der Waals surface area contributed by atoms with Crippen molar-refractivity contribution in [3.8, 4) is 0 Å². The number of carbonyl (C=O) groups is 2. The first kappa shape index (κ1) is 18.8. The maximum atomic E-state index is 10.5. The van der Waals surface area contributed by atoms with Crippen LogP contribution < -0.4 is 22.2 Å². The van der Waals surface area contributed by atoms with Gasteiger partial charge in [0.15, 0.2) is 17.0 Å². The minimum absolute atomic E-state index is 0.0765. The lowest BCUT2D eigenvalue weighted by Gasteiger charge is -2.07. The molecule has 2 unspecified atom stereocenters. The summed E-state index contributed by atoms with van der Waals surface area (Å²) in [7, 11) is 0. The number of carboxylic acids is 1. The van der Waals surface area contributed by atoms with Crippen LogP contribution in [0.25, 0.3) is 0 Å². The fraction of sp³-hybridized carbons (Fsp3) is 0.667. The van der Waals surface area contributed by atoms with E-state index in [0.29, 0.717) is 12.2 Å². The Morgan fingerprint density at radius 3 is 2.48 bits per heavy atom. The smallest absolute Gasteiger partial charge is 0.332 e. The molecule has 1 amide bonds. The molecule has 120 valence electrons. The molecule has 0 bridgehead atoms. The van der Waals surface area contributed by atoms with E-state index in [1.165, 1.54) is 0 Å². The summed E-state index contributed by atoms with van der Waals surface area (Å²) >= 11 is 3.85. The van der Waals surface area contributed by atoms with Crippen LogP contribution in [-0.4, -0.2) is 52.4 Å². The van der Waals surface area contributed by atoms with Gasteiger partial charge in [0.05, 0.1) is 0 Å². The molecule has 7 N–H and O–H groups in total. The van der Waals surface area contributed by atoms with Crippen molar-refractivity contribution in [2.75, 3.05) is 12.3 Å². The molecular formula is C9H18N6O5S. The standard InChI is InChI=1S/C6H13N5O4.C3H5NOS/c7-6(8)9-3-1-2-4(5(12)13)10-11(14)15;5-3-2(1-6)4-3/h4,10H,1-3H2,(H,12,13)(H4,7,8,9);2,6H,1H2,(H,4,5). The maximum Gasteiger partial charge on any atom is 0.332 e. The van der Waals surface area contributed by atoms with Gasteiger partial charge in [-0.25, -0.2) is 14.9 Å². The number of amides is 1. The Balaban J connectivity index is 0.000000547. The van der Waals surface area contributed by atoms with Gasteiger partial charge < -0.3 is 21.9 Å². The number of thiol groups is 1. The van der Waals surface area contributed by atoms with E-state index >= 15 is 0 Å². The van der Waals surface area contributed by atoms with Gasteiger partial charge in [-0.15, -0.1) is 5.43 Å². The van der Waals surface area contributed by atoms with Crippen LogP contribution in [0, 0.1) is 10.1 Å². The second-order valence-electron chi connectivity index (χ2n) is 3.97. The average molecular weight is 322 g/mol. The van der Waals surface area contributed by atoms with E-state index in [2.05, 4.69) is 22.9 Å². The average Bonchev–Trinajstić information content (AvgIpc) is 3.09. The molecule has 2 atom stereocenters. The van der Waals surface area contributed by atoms with E-state index in [-0.39, 0.29) is 30.9 Å². The summed E-state index contributed by atoms with van der Waals surface area (Å²) < 4.78 is 0. The number of nitrogens with zero attached hydrogens (tertiary/aromatic N) is 2. The van der Waals surface area contributed by atoms with Crippen molar-refractivity contribution >= 4 is 30.5 Å². The molecule has 0 aliphatic carbocycles. The van der Waals surface area contributed by atoms with Crippen molar-refractivity contribution in [1.29, 1.82) is 0 Å². The first-order valence-electron chi connectivity index (χ1n) is 5.88. The van der Waals surface area contributed by atoms with Crippen LogP contribution >= 0.6 is 12.6 Å². The number of carboxylic acid groups (broad SMARTS) is 1. The van der Waals surface area contributed by atoms with Crippen LogP contribution in [0.2, 0.25) is 0 Å². The molecule has 0 radical (unpaired) electrons. The maximum absolute atomic E-state index is 10.5. The molecule has 0 spiro atoms. The van der Waals surface area contributed by atoms with Gasteiger partial charge in [0, 0.05) is 12.3 Å². The lowest BCUT2D eigenvalue weighted by molar-refractivity contribution is -0.549. The largest absolute Gasteiger partial charge is 0.480 e. The van der Waals surface area contributed by atoms with Crippen LogP contribution in [0.3, 0.4) is 0 Å². The summed E-state index contributed by atoms with van der Waals surface area (Å²) in [4.78, 5) is 34.1. The first-order valence-corrected chi connectivity index (χ1v) is 6.51. The Labute approximate surface area is 125 Å². The zero-order valence-electron chi connectivity index (χ0n) is 11.1. The summed E-state index contributed by atoms with van der Waals surface area (Å²) in [6.07, 6.45) is 0.419. The highest BCUT2D eigenvalue weighted by Gasteiger charge is 2.31. The topological polar surface area (TPSA) is 196 Å². The van der Waals surface area contributed by atoms with Gasteiger partial charge in [0.2, 0.25) is 5.91 Å². The van der Waals surface area contributed by atoms with Crippen LogP contribution in [0.15, 0.2) is 4.99 Å². The van der Waals surface area contributed by atoms with Crippen molar-refractivity contribution in [2.24, 2.45) is 16.5 Å². The number of nitrogens with two attached hydrogens (primary N) is 2. The van der Waals surface area contributed by atoms with E-state index in [1.807, 2.05) is 0 Å². The Morgan fingerprint density at radius 1 is 1.62 bits per heavy atom. The molecule has 1 heterocycles. The van der Waals surface area contributed by atoms with E-state index in [0.717, 1.165) is 0 Å². The second kappa shape index (κ2) is 9.63. The molecule has 0 aromatic rings. The van der Waals surface area contributed by atoms with E-state index in [4.69, 9.17) is 16.6 Å². The summed E-state index contributed by atoms with van der Waals surface area (Å²) in [5.41, 5.74) is 11.8. The highest BCUT2D eigenvalue weighted by molar-refractivity contribution is 7.80. The number of nitrogens with one attached hydrogen (secondary N) is 2. The number of rotatable bonds is 8. The number of hydrogen-bond acceptors (Lipinski definition) is 6. The molecule has 21 heavy (non-hydrogen) atoms. The molecule has 1 aliphatic heterocycles. The monoisotopic (exact) mass is 322 g/mol. The van der Waals surface area contributed by atoms with Crippen LogP contribution in [0.4, 0.5) is 0 Å². The number of hydrogen-bond donors (Lipinski definition) is 6. The quantitative estimate of drug-likeness (QED) is 0.0544. The highest BCUT2D eigenvalue weighted by Crippen LogP contribution is 1.99. The minimum atomic E-state index is -1.28. The first-order chi connectivity index (χ1) is 9.77. The van der Waals surface area contributed by atoms with E-state index < -0.39 is 17.0 Å². The van der Waals surface area contributed by atoms with Crippen molar-refractivity contribution in [2.45, 2.75) is 24.9 Å². The van der Waals surface area contributed by atoms with Gasteiger partial charge in [0.1, 0.15) is 6.04 Å². The van der Waals surface area contributed by atoms with E-state index in [9.17, 15) is 19.7 Å². The predicted octanol–water partition coefficient (Wildman–Crippen LogP) is -2.31. The molecule has 1 rings (SSSR count). The third-order valence-electron chi connectivity index (χ3n) is 2.24. The lowest BCUT2D eigenvalue weighted by atomic mass is 10.2. The van der Waals surface area contributed by atoms with Crippen molar-refractivity contribution in [1.82, 2.24) is 10.7 Å². The molecule has 11 nitrogen and oxygen atoms in total. The number of hydrazine groups is 1. The number of guanidine groups is 1. The van der Waals surface area contributed by atoms with Crippen molar-refractivity contribution in [3.05, 3.63) is 10.1 Å². The molecule has 0 aromatic carbocycles. The fourth-order valence-corrected chi connectivity index (χ4v) is 1.39. The van der Waals surface area contributed by atoms with Gasteiger partial charge >= 0.3 is 5.97 Å². The normalized spacial score (nSPS) is 16.6. The summed E-state index contributed by atoms with van der Waals surface area (Å²) in [5, 5.41) is 20.3. The lowest BCUT2D eigenvalue weighted by Crippen LogP contribution is -2.40. The Kier molecular flexibility index (Phi) is 8.60. The molecule has 1 aliphatic rings. The SMILES string of the molecule is NC(N)=NCCCC(N[N+](=O)[O-])C(=O)O.O=C1NC1CS. The zero-order valence-corrected chi connectivity index (χ0v) is 12.0. The molecular weight excluding hydrogens is 304 g/mol. The van der Waals surface area contributed by atoms with Gasteiger partial charge in [-0.3, -0.25) is 9.79 Å². The predicted molar refractivity (Wildman–Crippen MR) is 77.2 cm³/mol. The third kappa shape index (κ3) is 10.2. The number of carbonyl (C=O) groups excluding carboxylic acids is 1. The summed E-state index contributed by atoms with van der Waals surface area (Å²) in [6, 6.07) is -1.15. The highest BCUT2D eigenvalue weighted by atomic mass is 32.1. The molecule has 1 fully saturated rings. The Bertz CT molecular complexity index is 413. The van der Waals surface area contributed by atoms with Crippen molar-refractivity contribution < 1.29 is 19.7 Å². The Morgan fingerprint density at radius 2 is 2.19 bits per heavy atom. The fourth-order valence-electron chi connectivity index (χ4n) is 1.13. The Hall–Kier alpha value is -2.24. The second-order valence-corrected chi connectivity index (χ2v) is 4.33. The number of aliphatic imine (C=N–C) groups is 1. The summed E-state index contributed by atoms with van der Waals surface area (Å²) in [5.74, 6) is -0.607. The molecule has 1 saturated heterocycles. The zero-order chi connectivity index (χ0) is 16.4. The molecule has 12 heteroatoms. The van der Waals surface area contributed by atoms with Gasteiger partial charge in [-0.05, 0) is 12.8 Å². The number of nitro groups is 1. The van der Waals surface area contributed by atoms with Gasteiger partial charge in [-0.2, -0.15) is 12.6 Å². The van der Waals surface area contributed by atoms with Crippen LogP contribution in [-0.2, 0) is 9.59 Å². The van der Waals surface area contributed by atoms with Crippen LogP contribution in [0.1, 0.15) is 12.8 Å². The molecule has 0 aromatic heterocycles. The number of aliphatic carboxylic acids is 1. The van der Waals surface area contributed by atoms with Crippen LogP contribution in [0.5, 0.6) is 0 Å². The third-order valence-corrected chi connectivity index (χ3v) is 2.60. The van der Waals surface area contributed by atoms with E-state index in [1.54, 1.807) is 5.43 Å². The summed E-state index contributed by atoms with van der Waals surface area (Å²) in [6.45, 7) is 0.242. The van der Waals surface area contributed by atoms with Gasteiger partial charge in [-0.1, -0.05) is 0 Å².